The van der Waals surface area contributed by atoms with Crippen LogP contribution in [0.3, 0.4) is 0 Å². The van der Waals surface area contributed by atoms with Crippen LogP contribution in [0.15, 0.2) is 0 Å². The summed E-state index contributed by atoms with van der Waals surface area (Å²) in [5.74, 6) is 1.82. The standard InChI is InChI=1S/C8H16O2S2/c1-2-11-8(5-6-9)4-3-7-12(8)10/h9H,2-7H2,1H3/t8-,12?/m0/s1. The van der Waals surface area contributed by atoms with E-state index in [4.69, 9.17) is 5.11 Å². The molecular weight excluding hydrogens is 192 g/mol. The molecule has 0 saturated carbocycles. The van der Waals surface area contributed by atoms with Crippen LogP contribution in [-0.2, 0) is 10.8 Å². The number of thioether (sulfide) groups is 1. The first kappa shape index (κ1) is 10.5. The molecule has 0 aromatic rings. The van der Waals surface area contributed by atoms with Crippen LogP contribution in [0.4, 0.5) is 0 Å². The first-order chi connectivity index (χ1) is 5.75. The zero-order valence-corrected chi connectivity index (χ0v) is 9.05. The molecule has 0 radical (unpaired) electrons. The van der Waals surface area contributed by atoms with Crippen molar-refractivity contribution in [3.05, 3.63) is 0 Å². The van der Waals surface area contributed by atoms with Gasteiger partial charge >= 0.3 is 0 Å². The molecule has 4 heteroatoms. The highest BCUT2D eigenvalue weighted by molar-refractivity contribution is 8.12. The summed E-state index contributed by atoms with van der Waals surface area (Å²) < 4.78 is 11.5. The van der Waals surface area contributed by atoms with E-state index in [0.717, 1.165) is 24.3 Å². The SMILES string of the molecule is CCS[C@@]1(CCO)CCCS1=O. The van der Waals surface area contributed by atoms with Gasteiger partial charge in [0.05, 0.1) is 4.08 Å². The topological polar surface area (TPSA) is 37.3 Å². The molecular formula is C8H16O2S2. The third-order valence-electron chi connectivity index (χ3n) is 2.20. The summed E-state index contributed by atoms with van der Waals surface area (Å²) in [6.45, 7) is 2.25. The van der Waals surface area contributed by atoms with E-state index in [1.807, 2.05) is 0 Å². The predicted octanol–water partition coefficient (Wildman–Crippen LogP) is 1.36. The number of hydrogen-bond acceptors (Lipinski definition) is 3. The third kappa shape index (κ3) is 2.03. The lowest BCUT2D eigenvalue weighted by Crippen LogP contribution is -2.27. The van der Waals surface area contributed by atoms with Crippen LogP contribution < -0.4 is 0 Å². The molecule has 1 N–H and O–H groups in total. The monoisotopic (exact) mass is 208 g/mol. The van der Waals surface area contributed by atoms with E-state index in [1.165, 1.54) is 0 Å². The second kappa shape index (κ2) is 4.63. The maximum atomic E-state index is 11.7. The van der Waals surface area contributed by atoms with Crippen LogP contribution in [0.1, 0.15) is 26.2 Å². The fourth-order valence-electron chi connectivity index (χ4n) is 1.65. The molecule has 0 amide bonds. The van der Waals surface area contributed by atoms with Gasteiger partial charge in [0.15, 0.2) is 0 Å². The molecule has 0 spiro atoms. The Balaban J connectivity index is 2.63. The lowest BCUT2D eigenvalue weighted by atomic mass is 10.2. The van der Waals surface area contributed by atoms with Crippen molar-refractivity contribution >= 4 is 22.6 Å². The fourth-order valence-corrected chi connectivity index (χ4v) is 5.30. The minimum absolute atomic E-state index is 0.108. The molecule has 2 atom stereocenters. The average Bonchev–Trinajstić information content (AvgIpc) is 2.35. The smallest absolute Gasteiger partial charge is 0.0930 e. The summed E-state index contributed by atoms with van der Waals surface area (Å²) in [5.41, 5.74) is 0. The van der Waals surface area contributed by atoms with E-state index >= 15 is 0 Å². The number of aliphatic hydroxyl groups is 1. The molecule has 2 nitrogen and oxygen atoms in total. The maximum absolute atomic E-state index is 11.7. The Hall–Kier alpha value is 0.460. The highest BCUT2D eigenvalue weighted by Gasteiger charge is 2.40. The van der Waals surface area contributed by atoms with Crippen molar-refractivity contribution in [1.29, 1.82) is 0 Å². The van der Waals surface area contributed by atoms with Gasteiger partial charge < -0.3 is 5.11 Å². The molecule has 1 fully saturated rings. The molecule has 1 aliphatic rings. The second-order valence-corrected chi connectivity index (χ2v) is 6.76. The summed E-state index contributed by atoms with van der Waals surface area (Å²) in [5, 5.41) is 8.89. The van der Waals surface area contributed by atoms with Gasteiger partial charge in [-0.15, -0.1) is 11.8 Å². The lowest BCUT2D eigenvalue weighted by molar-refractivity contribution is 0.281. The quantitative estimate of drug-likeness (QED) is 0.758. The molecule has 1 aliphatic heterocycles. The van der Waals surface area contributed by atoms with E-state index in [1.54, 1.807) is 11.8 Å². The Labute approximate surface area is 80.6 Å². The highest BCUT2D eigenvalue weighted by Crippen LogP contribution is 2.41. The van der Waals surface area contributed by atoms with Crippen molar-refractivity contribution in [3.8, 4) is 0 Å². The van der Waals surface area contributed by atoms with E-state index in [0.29, 0.717) is 6.42 Å². The van der Waals surface area contributed by atoms with Crippen molar-refractivity contribution in [2.45, 2.75) is 30.3 Å². The van der Waals surface area contributed by atoms with Crippen LogP contribution in [0, 0.1) is 0 Å². The zero-order valence-electron chi connectivity index (χ0n) is 7.41. The summed E-state index contributed by atoms with van der Waals surface area (Å²) in [6.07, 6.45) is 2.76. The molecule has 1 unspecified atom stereocenters. The van der Waals surface area contributed by atoms with Crippen molar-refractivity contribution in [3.63, 3.8) is 0 Å². The molecule has 72 valence electrons. The largest absolute Gasteiger partial charge is 0.396 e. The van der Waals surface area contributed by atoms with Gasteiger partial charge in [0.2, 0.25) is 0 Å². The predicted molar refractivity (Wildman–Crippen MR) is 54.8 cm³/mol. The molecule has 1 rings (SSSR count). The van der Waals surface area contributed by atoms with Crippen LogP contribution in [0.25, 0.3) is 0 Å². The van der Waals surface area contributed by atoms with Gasteiger partial charge in [0, 0.05) is 23.2 Å². The van der Waals surface area contributed by atoms with Crippen LogP contribution in [0.5, 0.6) is 0 Å². The Morgan fingerprint density at radius 3 is 2.83 bits per heavy atom. The van der Waals surface area contributed by atoms with E-state index < -0.39 is 10.8 Å². The van der Waals surface area contributed by atoms with Crippen molar-refractivity contribution in [2.24, 2.45) is 0 Å². The summed E-state index contributed by atoms with van der Waals surface area (Å²) in [4.78, 5) is 0. The first-order valence-corrected chi connectivity index (χ1v) is 6.69. The van der Waals surface area contributed by atoms with Crippen molar-refractivity contribution in [2.75, 3.05) is 18.1 Å². The normalized spacial score (nSPS) is 35.7. The van der Waals surface area contributed by atoms with Crippen LogP contribution in [0.2, 0.25) is 0 Å². The Morgan fingerprint density at radius 1 is 1.67 bits per heavy atom. The molecule has 0 aliphatic carbocycles. The number of aliphatic hydroxyl groups excluding tert-OH is 1. The first-order valence-electron chi connectivity index (χ1n) is 4.38. The zero-order chi connectivity index (χ0) is 9.03. The molecule has 0 aromatic heterocycles. The molecule has 0 bridgehead atoms. The van der Waals surface area contributed by atoms with Crippen molar-refractivity contribution in [1.82, 2.24) is 0 Å². The van der Waals surface area contributed by atoms with Gasteiger partial charge in [-0.3, -0.25) is 4.21 Å². The third-order valence-corrected chi connectivity index (χ3v) is 6.23. The highest BCUT2D eigenvalue weighted by atomic mass is 32.2. The van der Waals surface area contributed by atoms with Gasteiger partial charge in [0.1, 0.15) is 0 Å². The average molecular weight is 208 g/mol. The molecule has 12 heavy (non-hydrogen) atoms. The lowest BCUT2D eigenvalue weighted by Gasteiger charge is -2.25. The van der Waals surface area contributed by atoms with Gasteiger partial charge in [-0.25, -0.2) is 0 Å². The Bertz CT molecular complexity index is 164. The number of hydrogen-bond donors (Lipinski definition) is 1. The fraction of sp³-hybridized carbons (Fsp3) is 1.00. The van der Waals surface area contributed by atoms with Crippen LogP contribution in [-0.4, -0.2) is 31.5 Å². The van der Waals surface area contributed by atoms with E-state index in [9.17, 15) is 4.21 Å². The van der Waals surface area contributed by atoms with E-state index in [-0.39, 0.29) is 10.7 Å². The Kier molecular flexibility index (Phi) is 4.06. The second-order valence-electron chi connectivity index (χ2n) is 2.97. The summed E-state index contributed by atoms with van der Waals surface area (Å²) in [7, 11) is -0.716. The summed E-state index contributed by atoms with van der Waals surface area (Å²) >= 11 is 1.76. The van der Waals surface area contributed by atoms with Crippen molar-refractivity contribution < 1.29 is 9.32 Å². The molecule has 1 saturated heterocycles. The van der Waals surface area contributed by atoms with E-state index in [2.05, 4.69) is 6.92 Å². The maximum Gasteiger partial charge on any atom is 0.0930 e. The van der Waals surface area contributed by atoms with Gasteiger partial charge in [-0.05, 0) is 25.0 Å². The number of rotatable bonds is 4. The Morgan fingerprint density at radius 2 is 2.42 bits per heavy atom. The van der Waals surface area contributed by atoms with Crippen LogP contribution >= 0.6 is 11.8 Å². The summed E-state index contributed by atoms with van der Waals surface area (Å²) in [6, 6.07) is 0. The minimum atomic E-state index is -0.716. The van der Waals surface area contributed by atoms with Gasteiger partial charge in [-0.1, -0.05) is 6.92 Å². The van der Waals surface area contributed by atoms with Gasteiger partial charge in [0.25, 0.3) is 0 Å². The minimum Gasteiger partial charge on any atom is -0.396 e. The van der Waals surface area contributed by atoms with Gasteiger partial charge in [-0.2, -0.15) is 0 Å². The molecule has 0 aromatic carbocycles. The molecule has 1 heterocycles.